The van der Waals surface area contributed by atoms with E-state index in [2.05, 4.69) is 16.0 Å². The number of piperidine rings is 1. The number of carbonyl (C=O) groups excluding carboxylic acids is 2. The minimum absolute atomic E-state index is 0.0464. The highest BCUT2D eigenvalue weighted by Gasteiger charge is 2.48. The molecule has 0 bridgehead atoms. The van der Waals surface area contributed by atoms with Crippen molar-refractivity contribution in [2.24, 2.45) is 5.92 Å². The molecule has 0 radical (unpaired) electrons. The molecule has 1 saturated carbocycles. The van der Waals surface area contributed by atoms with Gasteiger partial charge >= 0.3 is 0 Å². The van der Waals surface area contributed by atoms with Gasteiger partial charge in [-0.15, -0.1) is 0 Å². The monoisotopic (exact) mass is 393 g/mol. The second-order valence-corrected chi connectivity index (χ2v) is 9.92. The molecule has 3 rings (SSSR count). The van der Waals surface area contributed by atoms with Crippen LogP contribution < -0.4 is 16.0 Å². The Morgan fingerprint density at radius 1 is 1.15 bits per heavy atom. The molecule has 0 aromatic heterocycles. The molecule has 8 heteroatoms. The number of hydrogen-bond donors (Lipinski definition) is 3. The Bertz CT molecular complexity index is 810. The Labute approximate surface area is 160 Å². The first kappa shape index (κ1) is 19.8. The first-order valence-electron chi connectivity index (χ1n) is 9.35. The SMILES string of the molecule is CC(NC(=O)C1(S(C)(=O)=O)CCNCC1)c1ccc(NC(=O)C2CC2)cc1. The zero-order valence-electron chi connectivity index (χ0n) is 15.7. The van der Waals surface area contributed by atoms with Gasteiger partial charge in [0.15, 0.2) is 14.6 Å². The smallest absolute Gasteiger partial charge is 0.242 e. The molecule has 1 saturated heterocycles. The molecule has 1 aromatic rings. The van der Waals surface area contributed by atoms with E-state index in [0.717, 1.165) is 30.3 Å². The van der Waals surface area contributed by atoms with Crippen molar-refractivity contribution in [1.29, 1.82) is 0 Å². The van der Waals surface area contributed by atoms with E-state index in [9.17, 15) is 18.0 Å². The molecule has 148 valence electrons. The van der Waals surface area contributed by atoms with Gasteiger partial charge < -0.3 is 16.0 Å². The van der Waals surface area contributed by atoms with E-state index in [1.165, 1.54) is 0 Å². The van der Waals surface area contributed by atoms with E-state index < -0.39 is 20.5 Å². The molecular formula is C19H27N3O4S. The Balaban J connectivity index is 1.67. The lowest BCUT2D eigenvalue weighted by Gasteiger charge is -2.35. The van der Waals surface area contributed by atoms with Crippen LogP contribution in [0, 0.1) is 5.92 Å². The highest BCUT2D eigenvalue weighted by molar-refractivity contribution is 7.92. The van der Waals surface area contributed by atoms with Crippen molar-refractivity contribution in [2.45, 2.75) is 43.4 Å². The summed E-state index contributed by atoms with van der Waals surface area (Å²) in [4.78, 5) is 24.7. The van der Waals surface area contributed by atoms with E-state index in [4.69, 9.17) is 0 Å². The fourth-order valence-corrected chi connectivity index (χ4v) is 4.79. The van der Waals surface area contributed by atoms with Gasteiger partial charge in [0.05, 0.1) is 6.04 Å². The van der Waals surface area contributed by atoms with Crippen molar-refractivity contribution in [2.75, 3.05) is 24.7 Å². The quantitative estimate of drug-likeness (QED) is 0.677. The van der Waals surface area contributed by atoms with Crippen molar-refractivity contribution in [1.82, 2.24) is 10.6 Å². The Hall–Kier alpha value is -1.93. The maximum absolute atomic E-state index is 12.9. The highest BCUT2D eigenvalue weighted by atomic mass is 32.2. The molecule has 2 fully saturated rings. The van der Waals surface area contributed by atoms with Crippen LogP contribution in [-0.2, 0) is 19.4 Å². The molecule has 1 atom stereocenters. The van der Waals surface area contributed by atoms with Crippen LogP contribution in [0.5, 0.6) is 0 Å². The summed E-state index contributed by atoms with van der Waals surface area (Å²) in [5.74, 6) is -0.254. The third-order valence-corrected chi connectivity index (χ3v) is 7.52. The maximum Gasteiger partial charge on any atom is 0.242 e. The van der Waals surface area contributed by atoms with E-state index >= 15 is 0 Å². The van der Waals surface area contributed by atoms with Gasteiger partial charge in [0, 0.05) is 17.9 Å². The summed E-state index contributed by atoms with van der Waals surface area (Å²) < 4.78 is 23.3. The lowest BCUT2D eigenvalue weighted by Crippen LogP contribution is -2.57. The predicted molar refractivity (Wildman–Crippen MR) is 104 cm³/mol. The minimum atomic E-state index is -3.54. The van der Waals surface area contributed by atoms with Crippen LogP contribution >= 0.6 is 0 Å². The number of anilines is 1. The first-order valence-corrected chi connectivity index (χ1v) is 11.2. The predicted octanol–water partition coefficient (Wildman–Crippen LogP) is 1.38. The zero-order valence-corrected chi connectivity index (χ0v) is 16.6. The maximum atomic E-state index is 12.9. The van der Waals surface area contributed by atoms with Gasteiger partial charge in [0.1, 0.15) is 0 Å². The van der Waals surface area contributed by atoms with Gasteiger partial charge in [0.2, 0.25) is 11.8 Å². The molecule has 27 heavy (non-hydrogen) atoms. The summed E-state index contributed by atoms with van der Waals surface area (Å²) in [6.45, 7) is 2.83. The van der Waals surface area contributed by atoms with Crippen LogP contribution in [0.25, 0.3) is 0 Å². The van der Waals surface area contributed by atoms with Gasteiger partial charge in [-0.3, -0.25) is 9.59 Å². The standard InChI is InChI=1S/C19H27N3O4S/c1-13(14-5-7-16(8-6-14)22-17(23)15-3-4-15)21-18(24)19(27(2,25)26)9-11-20-12-10-19/h5-8,13,15,20H,3-4,9-12H2,1-2H3,(H,21,24)(H,22,23). The van der Waals surface area contributed by atoms with Gasteiger partial charge in [-0.25, -0.2) is 8.42 Å². The lowest BCUT2D eigenvalue weighted by molar-refractivity contribution is -0.125. The van der Waals surface area contributed by atoms with Crippen LogP contribution in [0.3, 0.4) is 0 Å². The Morgan fingerprint density at radius 3 is 2.26 bits per heavy atom. The number of sulfone groups is 1. The minimum Gasteiger partial charge on any atom is -0.348 e. The molecule has 2 aliphatic rings. The number of rotatable bonds is 6. The van der Waals surface area contributed by atoms with Gasteiger partial charge in [-0.2, -0.15) is 0 Å². The molecule has 0 spiro atoms. The second-order valence-electron chi connectivity index (χ2n) is 7.60. The summed E-state index contributed by atoms with van der Waals surface area (Å²) >= 11 is 0. The highest BCUT2D eigenvalue weighted by Crippen LogP contribution is 2.31. The van der Waals surface area contributed by atoms with E-state index in [1.54, 1.807) is 12.1 Å². The molecule has 7 nitrogen and oxygen atoms in total. The van der Waals surface area contributed by atoms with Crippen LogP contribution in [-0.4, -0.2) is 44.3 Å². The molecule has 1 unspecified atom stereocenters. The van der Waals surface area contributed by atoms with Crippen LogP contribution in [0.4, 0.5) is 5.69 Å². The summed E-state index contributed by atoms with van der Waals surface area (Å²) in [6.07, 6.45) is 3.59. The number of carbonyl (C=O) groups is 2. The van der Waals surface area contributed by atoms with Crippen molar-refractivity contribution in [3.63, 3.8) is 0 Å². The third kappa shape index (κ3) is 4.32. The number of amides is 2. The Kier molecular flexibility index (Phi) is 5.58. The van der Waals surface area contributed by atoms with Crippen molar-refractivity contribution >= 4 is 27.3 Å². The summed E-state index contributed by atoms with van der Waals surface area (Å²) in [7, 11) is -3.54. The van der Waals surface area contributed by atoms with E-state index in [0.29, 0.717) is 13.1 Å². The normalized spacial score (nSPS) is 20.5. The van der Waals surface area contributed by atoms with Gasteiger partial charge in [-0.1, -0.05) is 12.1 Å². The second kappa shape index (κ2) is 7.59. The number of hydrogen-bond acceptors (Lipinski definition) is 5. The van der Waals surface area contributed by atoms with Crippen molar-refractivity contribution < 1.29 is 18.0 Å². The first-order chi connectivity index (χ1) is 12.7. The van der Waals surface area contributed by atoms with E-state index in [-0.39, 0.29) is 30.7 Å². The lowest BCUT2D eigenvalue weighted by atomic mass is 9.95. The Morgan fingerprint density at radius 2 is 1.74 bits per heavy atom. The van der Waals surface area contributed by atoms with Crippen molar-refractivity contribution in [3.8, 4) is 0 Å². The van der Waals surface area contributed by atoms with Crippen LogP contribution in [0.1, 0.15) is 44.2 Å². The van der Waals surface area contributed by atoms with Crippen molar-refractivity contribution in [3.05, 3.63) is 29.8 Å². The molecular weight excluding hydrogens is 366 g/mol. The van der Waals surface area contributed by atoms with Gasteiger partial charge in [0.25, 0.3) is 0 Å². The van der Waals surface area contributed by atoms with Crippen LogP contribution in [0.2, 0.25) is 0 Å². The molecule has 3 N–H and O–H groups in total. The summed E-state index contributed by atoms with van der Waals surface area (Å²) in [5.41, 5.74) is 1.57. The molecule has 2 amide bonds. The fraction of sp³-hybridized carbons (Fsp3) is 0.579. The summed E-state index contributed by atoms with van der Waals surface area (Å²) in [5, 5.41) is 8.85. The summed E-state index contributed by atoms with van der Waals surface area (Å²) in [6, 6.07) is 6.94. The fourth-order valence-electron chi connectivity index (χ4n) is 3.45. The van der Waals surface area contributed by atoms with Gasteiger partial charge in [-0.05, 0) is 63.4 Å². The molecule has 1 aromatic carbocycles. The number of nitrogens with one attached hydrogen (secondary N) is 3. The average molecular weight is 394 g/mol. The van der Waals surface area contributed by atoms with Crippen LogP contribution in [0.15, 0.2) is 24.3 Å². The molecule has 1 aliphatic heterocycles. The number of benzene rings is 1. The third-order valence-electron chi connectivity index (χ3n) is 5.51. The van der Waals surface area contributed by atoms with E-state index in [1.807, 2.05) is 19.1 Å². The zero-order chi connectivity index (χ0) is 19.7. The topological polar surface area (TPSA) is 104 Å². The molecule has 1 heterocycles. The molecule has 1 aliphatic carbocycles. The average Bonchev–Trinajstić information content (AvgIpc) is 3.47. The largest absolute Gasteiger partial charge is 0.348 e.